The SMILES string of the molecule is CN1CCC(NC(=O)c2cccc(F)c2F)C1=O. The molecule has 2 rings (SSSR count). The quantitative estimate of drug-likeness (QED) is 0.853. The molecule has 1 aromatic rings. The fraction of sp³-hybridized carbons (Fsp3) is 0.333. The summed E-state index contributed by atoms with van der Waals surface area (Å²) in [6.45, 7) is 0.537. The van der Waals surface area contributed by atoms with Crippen LogP contribution in [0.2, 0.25) is 0 Å². The Morgan fingerprint density at radius 1 is 1.44 bits per heavy atom. The molecule has 0 aromatic heterocycles. The summed E-state index contributed by atoms with van der Waals surface area (Å²) in [7, 11) is 1.62. The van der Waals surface area contributed by atoms with Crippen molar-refractivity contribution < 1.29 is 18.4 Å². The molecule has 1 heterocycles. The van der Waals surface area contributed by atoms with Crippen LogP contribution in [0.4, 0.5) is 8.78 Å². The van der Waals surface area contributed by atoms with Gasteiger partial charge in [-0.2, -0.15) is 0 Å². The Morgan fingerprint density at radius 3 is 2.78 bits per heavy atom. The molecule has 1 aromatic carbocycles. The first-order chi connectivity index (χ1) is 8.50. The molecule has 1 aliphatic rings. The molecule has 1 fully saturated rings. The van der Waals surface area contributed by atoms with Gasteiger partial charge in [0.25, 0.3) is 5.91 Å². The van der Waals surface area contributed by atoms with Crippen LogP contribution >= 0.6 is 0 Å². The Balaban J connectivity index is 2.13. The van der Waals surface area contributed by atoms with Crippen molar-refractivity contribution in [3.05, 3.63) is 35.4 Å². The van der Waals surface area contributed by atoms with Crippen molar-refractivity contribution in [2.75, 3.05) is 13.6 Å². The Hall–Kier alpha value is -1.98. The molecule has 1 N–H and O–H groups in total. The number of benzene rings is 1. The van der Waals surface area contributed by atoms with E-state index in [0.29, 0.717) is 13.0 Å². The number of nitrogens with zero attached hydrogens (tertiary/aromatic N) is 1. The van der Waals surface area contributed by atoms with E-state index in [1.165, 1.54) is 17.0 Å². The number of likely N-dealkylation sites (tertiary alicyclic amines) is 1. The Morgan fingerprint density at radius 2 is 2.17 bits per heavy atom. The maximum atomic E-state index is 13.4. The highest BCUT2D eigenvalue weighted by atomic mass is 19.2. The zero-order valence-electron chi connectivity index (χ0n) is 9.74. The number of hydrogen-bond acceptors (Lipinski definition) is 2. The largest absolute Gasteiger partial charge is 0.344 e. The van der Waals surface area contributed by atoms with Crippen LogP contribution < -0.4 is 5.32 Å². The fourth-order valence-corrected chi connectivity index (χ4v) is 1.87. The van der Waals surface area contributed by atoms with Gasteiger partial charge in [-0.15, -0.1) is 0 Å². The van der Waals surface area contributed by atoms with E-state index < -0.39 is 29.1 Å². The van der Waals surface area contributed by atoms with Gasteiger partial charge in [0.2, 0.25) is 5.91 Å². The summed E-state index contributed by atoms with van der Waals surface area (Å²) >= 11 is 0. The highest BCUT2D eigenvalue weighted by Crippen LogP contribution is 2.13. The van der Waals surface area contributed by atoms with Gasteiger partial charge in [-0.25, -0.2) is 8.78 Å². The van der Waals surface area contributed by atoms with E-state index in [4.69, 9.17) is 0 Å². The van der Waals surface area contributed by atoms with Crippen LogP contribution in [0.3, 0.4) is 0 Å². The average molecular weight is 254 g/mol. The van der Waals surface area contributed by atoms with Crippen LogP contribution in [0.1, 0.15) is 16.8 Å². The zero-order chi connectivity index (χ0) is 13.3. The van der Waals surface area contributed by atoms with E-state index in [1.54, 1.807) is 7.05 Å². The van der Waals surface area contributed by atoms with E-state index in [-0.39, 0.29) is 5.91 Å². The number of carbonyl (C=O) groups excluding carboxylic acids is 2. The molecule has 1 saturated heterocycles. The zero-order valence-corrected chi connectivity index (χ0v) is 9.74. The summed E-state index contributed by atoms with van der Waals surface area (Å²) in [4.78, 5) is 24.8. The van der Waals surface area contributed by atoms with Crippen molar-refractivity contribution in [2.24, 2.45) is 0 Å². The second kappa shape index (κ2) is 4.72. The van der Waals surface area contributed by atoms with Crippen molar-refractivity contribution in [3.63, 3.8) is 0 Å². The lowest BCUT2D eigenvalue weighted by molar-refractivity contribution is -0.128. The van der Waals surface area contributed by atoms with Crippen molar-refractivity contribution in [2.45, 2.75) is 12.5 Å². The predicted octanol–water partition coefficient (Wildman–Crippen LogP) is 0.925. The predicted molar refractivity (Wildman–Crippen MR) is 59.9 cm³/mol. The maximum Gasteiger partial charge on any atom is 0.255 e. The molecule has 96 valence electrons. The fourth-order valence-electron chi connectivity index (χ4n) is 1.87. The van der Waals surface area contributed by atoms with Gasteiger partial charge in [-0.05, 0) is 18.6 Å². The van der Waals surface area contributed by atoms with Gasteiger partial charge in [-0.1, -0.05) is 6.07 Å². The minimum atomic E-state index is -1.20. The topological polar surface area (TPSA) is 49.4 Å². The minimum absolute atomic E-state index is 0.222. The maximum absolute atomic E-state index is 13.4. The van der Waals surface area contributed by atoms with Gasteiger partial charge in [-0.3, -0.25) is 9.59 Å². The smallest absolute Gasteiger partial charge is 0.255 e. The van der Waals surface area contributed by atoms with E-state index >= 15 is 0 Å². The first-order valence-electron chi connectivity index (χ1n) is 5.50. The van der Waals surface area contributed by atoms with Gasteiger partial charge in [0, 0.05) is 13.6 Å². The lowest BCUT2D eigenvalue weighted by atomic mass is 10.1. The summed E-state index contributed by atoms with van der Waals surface area (Å²) in [5, 5.41) is 2.41. The molecule has 18 heavy (non-hydrogen) atoms. The normalized spacial score (nSPS) is 19.2. The monoisotopic (exact) mass is 254 g/mol. The first-order valence-corrected chi connectivity index (χ1v) is 5.50. The number of nitrogens with one attached hydrogen (secondary N) is 1. The Bertz CT molecular complexity index is 505. The van der Waals surface area contributed by atoms with Gasteiger partial charge in [0.05, 0.1) is 5.56 Å². The van der Waals surface area contributed by atoms with Crippen LogP contribution in [0.15, 0.2) is 18.2 Å². The Kier molecular flexibility index (Phi) is 3.27. The molecule has 1 unspecified atom stereocenters. The molecule has 1 aliphatic heterocycles. The van der Waals surface area contributed by atoms with E-state index in [1.807, 2.05) is 0 Å². The second-order valence-corrected chi connectivity index (χ2v) is 4.18. The number of rotatable bonds is 2. The Labute approximate surface area is 103 Å². The van der Waals surface area contributed by atoms with Crippen molar-refractivity contribution in [1.29, 1.82) is 0 Å². The van der Waals surface area contributed by atoms with Crippen molar-refractivity contribution >= 4 is 11.8 Å². The summed E-state index contributed by atoms with van der Waals surface area (Å²) in [5.41, 5.74) is -0.391. The molecule has 0 spiro atoms. The third kappa shape index (κ3) is 2.18. The van der Waals surface area contributed by atoms with Crippen molar-refractivity contribution in [1.82, 2.24) is 10.2 Å². The van der Waals surface area contributed by atoms with Crippen LogP contribution in [0, 0.1) is 11.6 Å². The number of carbonyl (C=O) groups is 2. The molecule has 6 heteroatoms. The van der Waals surface area contributed by atoms with Crippen LogP contribution in [-0.4, -0.2) is 36.3 Å². The first kappa shape index (κ1) is 12.5. The number of hydrogen-bond donors (Lipinski definition) is 1. The third-order valence-corrected chi connectivity index (χ3v) is 2.93. The molecular weight excluding hydrogens is 242 g/mol. The van der Waals surface area contributed by atoms with Crippen LogP contribution in [-0.2, 0) is 4.79 Å². The highest BCUT2D eigenvalue weighted by molar-refractivity contribution is 5.98. The standard InChI is InChI=1S/C12H12F2N2O2/c1-16-6-5-9(12(16)18)15-11(17)7-3-2-4-8(13)10(7)14/h2-4,9H,5-6H2,1H3,(H,15,17). The number of likely N-dealkylation sites (N-methyl/N-ethyl adjacent to an activating group) is 1. The molecular formula is C12H12F2N2O2. The summed E-state index contributed by atoms with van der Waals surface area (Å²) < 4.78 is 26.3. The molecule has 4 nitrogen and oxygen atoms in total. The average Bonchev–Trinajstić information content (AvgIpc) is 2.64. The summed E-state index contributed by atoms with van der Waals surface area (Å²) in [6.07, 6.45) is 0.470. The third-order valence-electron chi connectivity index (χ3n) is 2.93. The van der Waals surface area contributed by atoms with E-state index in [9.17, 15) is 18.4 Å². The second-order valence-electron chi connectivity index (χ2n) is 4.18. The van der Waals surface area contributed by atoms with Crippen LogP contribution in [0.25, 0.3) is 0 Å². The van der Waals surface area contributed by atoms with Gasteiger partial charge >= 0.3 is 0 Å². The summed E-state index contributed by atoms with van der Waals surface area (Å²) in [6, 6.07) is 2.69. The van der Waals surface area contributed by atoms with E-state index in [2.05, 4.69) is 5.32 Å². The number of halogens is 2. The van der Waals surface area contributed by atoms with Gasteiger partial charge < -0.3 is 10.2 Å². The lowest BCUT2D eigenvalue weighted by Gasteiger charge is -2.12. The lowest BCUT2D eigenvalue weighted by Crippen LogP contribution is -2.40. The van der Waals surface area contributed by atoms with Gasteiger partial charge in [0.15, 0.2) is 11.6 Å². The van der Waals surface area contributed by atoms with Crippen molar-refractivity contribution in [3.8, 4) is 0 Å². The molecule has 2 amide bonds. The molecule has 0 bridgehead atoms. The minimum Gasteiger partial charge on any atom is -0.344 e. The van der Waals surface area contributed by atoms with Gasteiger partial charge in [0.1, 0.15) is 6.04 Å². The highest BCUT2D eigenvalue weighted by Gasteiger charge is 2.31. The van der Waals surface area contributed by atoms with Crippen LogP contribution in [0.5, 0.6) is 0 Å². The van der Waals surface area contributed by atoms with E-state index in [0.717, 1.165) is 6.07 Å². The molecule has 0 aliphatic carbocycles. The molecule has 0 saturated carbocycles. The summed E-state index contributed by atoms with van der Waals surface area (Å²) in [5.74, 6) is -3.29. The number of amides is 2. The molecule has 0 radical (unpaired) electrons. The molecule has 1 atom stereocenters.